The minimum absolute atomic E-state index is 0.0963. The number of thiocarbonyl (C=S) groups is 1. The van der Waals surface area contributed by atoms with Crippen molar-refractivity contribution in [2.75, 3.05) is 12.0 Å². The van der Waals surface area contributed by atoms with E-state index < -0.39 is 29.7 Å². The predicted octanol–water partition coefficient (Wildman–Crippen LogP) is 1.18. The standard InChI is InChI=1S/C21H17FN2O6S/c1-11(20(27)28)30-16-8-7-12(10-17(16)29-2)9-13-18(25)23-21(31)24(19(13)26)15-6-4-3-5-14(15)22/h3-11H,1-2H3,(H,27,28)(H,23,25,31)/p-1/b13-9+/t11-/m0/s1. The second-order valence-electron chi connectivity index (χ2n) is 6.40. The summed E-state index contributed by atoms with van der Waals surface area (Å²) < 4.78 is 24.7. The van der Waals surface area contributed by atoms with Gasteiger partial charge in [-0.3, -0.25) is 14.9 Å². The molecule has 2 aromatic carbocycles. The number of ether oxygens (including phenoxy) is 2. The van der Waals surface area contributed by atoms with Gasteiger partial charge >= 0.3 is 0 Å². The van der Waals surface area contributed by atoms with Crippen molar-refractivity contribution in [2.24, 2.45) is 0 Å². The molecule has 160 valence electrons. The Kier molecular flexibility index (Phi) is 6.30. The Morgan fingerprint density at radius 3 is 2.58 bits per heavy atom. The molecule has 0 unspecified atom stereocenters. The molecule has 1 fully saturated rings. The minimum Gasteiger partial charge on any atom is -0.546 e. The third-order valence-corrected chi connectivity index (χ3v) is 4.61. The van der Waals surface area contributed by atoms with E-state index in [9.17, 15) is 23.9 Å². The van der Waals surface area contributed by atoms with Gasteiger partial charge in [0.05, 0.1) is 18.8 Å². The number of benzene rings is 2. The molecule has 1 heterocycles. The first kappa shape index (κ1) is 21.9. The molecule has 0 spiro atoms. The number of para-hydroxylation sites is 1. The zero-order chi connectivity index (χ0) is 22.7. The van der Waals surface area contributed by atoms with Gasteiger partial charge in [-0.05, 0) is 55.0 Å². The average Bonchev–Trinajstić information content (AvgIpc) is 2.73. The van der Waals surface area contributed by atoms with Crippen LogP contribution in [0.25, 0.3) is 6.08 Å². The number of anilines is 1. The van der Waals surface area contributed by atoms with Crippen LogP contribution in [0.2, 0.25) is 0 Å². The number of carbonyl (C=O) groups is 3. The molecule has 1 atom stereocenters. The highest BCUT2D eigenvalue weighted by Crippen LogP contribution is 2.31. The summed E-state index contributed by atoms with van der Waals surface area (Å²) in [5.41, 5.74) is 0.00165. The lowest BCUT2D eigenvalue weighted by atomic mass is 10.1. The Labute approximate surface area is 181 Å². The van der Waals surface area contributed by atoms with Gasteiger partial charge < -0.3 is 19.4 Å². The zero-order valence-electron chi connectivity index (χ0n) is 16.4. The van der Waals surface area contributed by atoms with Gasteiger partial charge in [-0.1, -0.05) is 18.2 Å². The van der Waals surface area contributed by atoms with Crippen LogP contribution in [0.5, 0.6) is 11.5 Å². The summed E-state index contributed by atoms with van der Waals surface area (Å²) in [5, 5.41) is 13.0. The van der Waals surface area contributed by atoms with Crippen molar-refractivity contribution >= 4 is 46.9 Å². The van der Waals surface area contributed by atoms with Crippen LogP contribution in [-0.2, 0) is 14.4 Å². The smallest absolute Gasteiger partial charge is 0.270 e. The molecule has 3 rings (SSSR count). The number of rotatable bonds is 6. The Bertz CT molecular complexity index is 1120. The van der Waals surface area contributed by atoms with E-state index in [-0.39, 0.29) is 27.9 Å². The highest BCUT2D eigenvalue weighted by atomic mass is 32.1. The Morgan fingerprint density at radius 2 is 1.94 bits per heavy atom. The second kappa shape index (κ2) is 8.92. The van der Waals surface area contributed by atoms with Crippen LogP contribution in [0, 0.1) is 5.82 Å². The Balaban J connectivity index is 1.97. The number of hydrogen-bond donors (Lipinski definition) is 1. The maximum atomic E-state index is 14.2. The van der Waals surface area contributed by atoms with Crippen LogP contribution in [0.3, 0.4) is 0 Å². The molecule has 10 heteroatoms. The minimum atomic E-state index is -1.40. The number of halogens is 1. The van der Waals surface area contributed by atoms with Gasteiger partial charge in [0.25, 0.3) is 11.8 Å². The Hall–Kier alpha value is -3.79. The maximum absolute atomic E-state index is 14.2. The van der Waals surface area contributed by atoms with Crippen molar-refractivity contribution in [3.05, 3.63) is 59.4 Å². The second-order valence-corrected chi connectivity index (χ2v) is 6.79. The lowest BCUT2D eigenvalue weighted by molar-refractivity contribution is -0.312. The molecule has 8 nitrogen and oxygen atoms in total. The van der Waals surface area contributed by atoms with E-state index in [1.165, 1.54) is 62.6 Å². The number of amides is 2. The SMILES string of the molecule is COc1cc(/C=C2\C(=O)NC(=S)N(c3ccccc3F)C2=O)ccc1O[C@@H](C)C(=O)[O-]. The number of carbonyl (C=O) groups excluding carboxylic acids is 3. The molecule has 0 saturated carbocycles. The molecule has 0 radical (unpaired) electrons. The first-order valence-corrected chi connectivity index (χ1v) is 9.35. The number of aliphatic carboxylic acids is 1. The fourth-order valence-corrected chi connectivity index (χ4v) is 3.06. The fraction of sp³-hybridized carbons (Fsp3) is 0.143. The summed E-state index contributed by atoms with van der Waals surface area (Å²) in [4.78, 5) is 37.1. The van der Waals surface area contributed by atoms with Crippen LogP contribution in [0.15, 0.2) is 48.0 Å². The molecule has 2 aromatic rings. The molecule has 0 aromatic heterocycles. The van der Waals surface area contributed by atoms with Gasteiger partial charge in [0.1, 0.15) is 17.5 Å². The third kappa shape index (κ3) is 4.53. The number of carboxylic acid groups (broad SMARTS) is 1. The van der Waals surface area contributed by atoms with E-state index in [1.807, 2.05) is 0 Å². The topological polar surface area (TPSA) is 108 Å². The average molecular weight is 443 g/mol. The van der Waals surface area contributed by atoms with E-state index in [4.69, 9.17) is 21.7 Å². The molecule has 1 saturated heterocycles. The molecule has 0 bridgehead atoms. The zero-order valence-corrected chi connectivity index (χ0v) is 17.2. The van der Waals surface area contributed by atoms with Crippen molar-refractivity contribution < 1.29 is 33.4 Å². The lowest BCUT2D eigenvalue weighted by Crippen LogP contribution is -2.54. The van der Waals surface area contributed by atoms with Gasteiger partial charge in [-0.2, -0.15) is 0 Å². The molecule has 0 aliphatic carbocycles. The normalized spacial score (nSPS) is 16.2. The highest BCUT2D eigenvalue weighted by Gasteiger charge is 2.35. The van der Waals surface area contributed by atoms with Crippen LogP contribution in [0.4, 0.5) is 10.1 Å². The third-order valence-electron chi connectivity index (χ3n) is 4.33. The number of nitrogens with zero attached hydrogens (tertiary/aromatic N) is 1. The maximum Gasteiger partial charge on any atom is 0.270 e. The summed E-state index contributed by atoms with van der Waals surface area (Å²) in [6.07, 6.45) is 0.0565. The van der Waals surface area contributed by atoms with Crippen LogP contribution < -0.4 is 24.8 Å². The van der Waals surface area contributed by atoms with E-state index in [2.05, 4.69) is 5.32 Å². The van der Waals surface area contributed by atoms with Gasteiger partial charge in [-0.15, -0.1) is 0 Å². The number of methoxy groups -OCH3 is 1. The first-order valence-electron chi connectivity index (χ1n) is 8.94. The summed E-state index contributed by atoms with van der Waals surface area (Å²) in [6.45, 7) is 1.30. The van der Waals surface area contributed by atoms with Crippen molar-refractivity contribution in [3.8, 4) is 11.5 Å². The predicted molar refractivity (Wildman–Crippen MR) is 111 cm³/mol. The van der Waals surface area contributed by atoms with Gasteiger partial charge in [0.15, 0.2) is 16.6 Å². The summed E-state index contributed by atoms with van der Waals surface area (Å²) in [6, 6.07) is 9.90. The van der Waals surface area contributed by atoms with Crippen LogP contribution in [-0.4, -0.2) is 36.1 Å². The van der Waals surface area contributed by atoms with E-state index in [1.54, 1.807) is 0 Å². The van der Waals surface area contributed by atoms with E-state index >= 15 is 0 Å². The lowest BCUT2D eigenvalue weighted by Gasteiger charge is -2.29. The van der Waals surface area contributed by atoms with Crippen molar-refractivity contribution in [2.45, 2.75) is 13.0 Å². The molecular weight excluding hydrogens is 427 g/mol. The van der Waals surface area contributed by atoms with Crippen molar-refractivity contribution in [1.29, 1.82) is 0 Å². The van der Waals surface area contributed by atoms with Gasteiger partial charge in [-0.25, -0.2) is 9.29 Å². The van der Waals surface area contributed by atoms with E-state index in [0.717, 1.165) is 4.90 Å². The summed E-state index contributed by atoms with van der Waals surface area (Å²) in [7, 11) is 1.35. The molecule has 1 aliphatic heterocycles. The van der Waals surface area contributed by atoms with E-state index in [0.29, 0.717) is 5.56 Å². The molecule has 31 heavy (non-hydrogen) atoms. The van der Waals surface area contributed by atoms with Gasteiger partial charge in [0, 0.05) is 0 Å². The van der Waals surface area contributed by atoms with Crippen molar-refractivity contribution in [3.63, 3.8) is 0 Å². The van der Waals surface area contributed by atoms with Crippen LogP contribution in [0.1, 0.15) is 12.5 Å². The van der Waals surface area contributed by atoms with Crippen molar-refractivity contribution in [1.82, 2.24) is 5.32 Å². The monoisotopic (exact) mass is 443 g/mol. The molecule has 1 N–H and O–H groups in total. The largest absolute Gasteiger partial charge is 0.546 e. The first-order chi connectivity index (χ1) is 14.7. The summed E-state index contributed by atoms with van der Waals surface area (Å²) in [5.74, 6) is -3.32. The fourth-order valence-electron chi connectivity index (χ4n) is 2.79. The van der Waals surface area contributed by atoms with Gasteiger partial charge in [0.2, 0.25) is 0 Å². The molecular formula is C21H16FN2O6S-. The molecule has 1 aliphatic rings. The summed E-state index contributed by atoms with van der Waals surface area (Å²) >= 11 is 5.05. The number of carboxylic acids is 1. The number of hydrogen-bond acceptors (Lipinski definition) is 7. The highest BCUT2D eigenvalue weighted by molar-refractivity contribution is 7.80. The number of nitrogens with one attached hydrogen (secondary N) is 1. The van der Waals surface area contributed by atoms with Crippen LogP contribution >= 0.6 is 12.2 Å². The Morgan fingerprint density at radius 1 is 1.23 bits per heavy atom. The molecule has 2 amide bonds. The quantitative estimate of drug-likeness (QED) is 0.406.